The number of hydrogen-bond acceptors (Lipinski definition) is 3. The molecular formula is C22H26ClN3O2. The number of piperazine rings is 1. The first-order valence-electron chi connectivity index (χ1n) is 9.62. The van der Waals surface area contributed by atoms with Crippen molar-refractivity contribution >= 4 is 29.1 Å². The smallest absolute Gasteiger partial charge is 0.253 e. The summed E-state index contributed by atoms with van der Waals surface area (Å²) < 4.78 is 0. The quantitative estimate of drug-likeness (QED) is 0.834. The zero-order valence-electron chi connectivity index (χ0n) is 16.3. The van der Waals surface area contributed by atoms with Crippen molar-refractivity contribution in [1.29, 1.82) is 0 Å². The van der Waals surface area contributed by atoms with Gasteiger partial charge < -0.3 is 15.1 Å². The van der Waals surface area contributed by atoms with Crippen LogP contribution in [0.4, 0.5) is 5.69 Å². The van der Waals surface area contributed by atoms with Gasteiger partial charge in [-0.15, -0.1) is 0 Å². The maximum absolute atomic E-state index is 12.9. The van der Waals surface area contributed by atoms with Gasteiger partial charge in [0.15, 0.2) is 0 Å². The van der Waals surface area contributed by atoms with E-state index in [1.165, 1.54) is 0 Å². The van der Waals surface area contributed by atoms with Crippen LogP contribution in [0.15, 0.2) is 48.5 Å². The van der Waals surface area contributed by atoms with Crippen LogP contribution in [0.3, 0.4) is 0 Å². The van der Waals surface area contributed by atoms with Crippen LogP contribution in [0.2, 0.25) is 5.02 Å². The third-order valence-corrected chi connectivity index (χ3v) is 5.02. The van der Waals surface area contributed by atoms with Crippen LogP contribution in [-0.2, 0) is 0 Å². The Morgan fingerprint density at radius 1 is 1.00 bits per heavy atom. The number of carbonyl (C=O) groups excluding carboxylic acids is 2. The molecule has 1 saturated heterocycles. The zero-order chi connectivity index (χ0) is 20.1. The Labute approximate surface area is 171 Å². The van der Waals surface area contributed by atoms with Crippen LogP contribution >= 0.6 is 11.6 Å². The number of carbonyl (C=O) groups is 2. The first kappa shape index (κ1) is 20.2. The highest BCUT2D eigenvalue weighted by molar-refractivity contribution is 6.30. The van der Waals surface area contributed by atoms with Gasteiger partial charge >= 0.3 is 0 Å². The van der Waals surface area contributed by atoms with E-state index in [1.807, 2.05) is 43.0 Å². The average Bonchev–Trinajstić information content (AvgIpc) is 2.71. The van der Waals surface area contributed by atoms with E-state index >= 15 is 0 Å². The molecule has 0 unspecified atom stereocenters. The lowest BCUT2D eigenvalue weighted by Gasteiger charge is -2.36. The maximum atomic E-state index is 12.9. The average molecular weight is 400 g/mol. The van der Waals surface area contributed by atoms with Crippen molar-refractivity contribution in [2.24, 2.45) is 5.92 Å². The van der Waals surface area contributed by atoms with Crippen molar-refractivity contribution in [2.45, 2.75) is 13.8 Å². The van der Waals surface area contributed by atoms with Crippen molar-refractivity contribution in [3.05, 3.63) is 64.7 Å². The number of anilines is 1. The van der Waals surface area contributed by atoms with Crippen molar-refractivity contribution in [1.82, 2.24) is 10.2 Å². The first-order valence-corrected chi connectivity index (χ1v) is 10.00. The van der Waals surface area contributed by atoms with Gasteiger partial charge in [0.2, 0.25) is 0 Å². The highest BCUT2D eigenvalue weighted by Crippen LogP contribution is 2.21. The summed E-state index contributed by atoms with van der Waals surface area (Å²) in [5.74, 6) is 0.197. The number of nitrogens with zero attached hydrogens (tertiary/aromatic N) is 2. The third-order valence-electron chi connectivity index (χ3n) is 4.78. The number of nitrogens with one attached hydrogen (secondary N) is 1. The van der Waals surface area contributed by atoms with E-state index in [0.29, 0.717) is 41.7 Å². The Bertz CT molecular complexity index is 845. The lowest BCUT2D eigenvalue weighted by Crippen LogP contribution is -2.48. The summed E-state index contributed by atoms with van der Waals surface area (Å²) in [6.07, 6.45) is 0. The van der Waals surface area contributed by atoms with Gasteiger partial charge in [-0.1, -0.05) is 37.6 Å². The van der Waals surface area contributed by atoms with Gasteiger partial charge in [-0.05, 0) is 42.3 Å². The first-order chi connectivity index (χ1) is 13.4. The van der Waals surface area contributed by atoms with Gasteiger partial charge in [0.1, 0.15) is 0 Å². The molecule has 1 heterocycles. The Balaban J connectivity index is 1.62. The lowest BCUT2D eigenvalue weighted by molar-refractivity contribution is 0.0747. The third kappa shape index (κ3) is 5.04. The Morgan fingerprint density at radius 3 is 2.36 bits per heavy atom. The molecular weight excluding hydrogens is 374 g/mol. The molecule has 0 radical (unpaired) electrons. The Kier molecular flexibility index (Phi) is 6.57. The lowest BCUT2D eigenvalue weighted by atomic mass is 10.1. The molecule has 1 aliphatic rings. The zero-order valence-corrected chi connectivity index (χ0v) is 17.1. The predicted molar refractivity (Wildman–Crippen MR) is 113 cm³/mol. The summed E-state index contributed by atoms with van der Waals surface area (Å²) >= 11 is 6.08. The molecule has 1 aliphatic heterocycles. The minimum atomic E-state index is -0.144. The highest BCUT2D eigenvalue weighted by Gasteiger charge is 2.23. The summed E-state index contributed by atoms with van der Waals surface area (Å²) in [7, 11) is 0. The van der Waals surface area contributed by atoms with Gasteiger partial charge in [0.25, 0.3) is 11.8 Å². The second-order valence-corrected chi connectivity index (χ2v) is 7.88. The van der Waals surface area contributed by atoms with Crippen LogP contribution in [0, 0.1) is 5.92 Å². The van der Waals surface area contributed by atoms with Crippen LogP contribution in [-0.4, -0.2) is 49.4 Å². The number of halogens is 1. The Hall–Kier alpha value is -2.53. The molecule has 0 aliphatic carbocycles. The van der Waals surface area contributed by atoms with Crippen molar-refractivity contribution in [3.8, 4) is 0 Å². The molecule has 2 amide bonds. The van der Waals surface area contributed by atoms with E-state index in [4.69, 9.17) is 11.6 Å². The standard InChI is InChI=1S/C22H26ClN3O2/c1-16(2)15-24-21(27)17-5-3-6-18(13-17)22(28)26-11-9-25(10-12-26)20-8-4-7-19(23)14-20/h3-8,13-14,16H,9-12,15H2,1-2H3,(H,24,27). The molecule has 0 atom stereocenters. The predicted octanol–water partition coefficient (Wildman–Crippen LogP) is 3.69. The van der Waals surface area contributed by atoms with Crippen molar-refractivity contribution in [2.75, 3.05) is 37.6 Å². The fourth-order valence-corrected chi connectivity index (χ4v) is 3.40. The SMILES string of the molecule is CC(C)CNC(=O)c1cccc(C(=O)N2CCN(c3cccc(Cl)c3)CC2)c1. The summed E-state index contributed by atoms with van der Waals surface area (Å²) in [6.45, 7) is 7.47. The van der Waals surface area contributed by atoms with E-state index in [1.54, 1.807) is 24.3 Å². The van der Waals surface area contributed by atoms with Crippen LogP contribution in [0.25, 0.3) is 0 Å². The van der Waals surface area contributed by atoms with Gasteiger partial charge in [0, 0.05) is 54.6 Å². The molecule has 0 bridgehead atoms. The van der Waals surface area contributed by atoms with E-state index in [0.717, 1.165) is 18.8 Å². The number of amides is 2. The van der Waals surface area contributed by atoms with Crippen LogP contribution in [0.5, 0.6) is 0 Å². The van der Waals surface area contributed by atoms with Crippen LogP contribution < -0.4 is 10.2 Å². The fraction of sp³-hybridized carbons (Fsp3) is 0.364. The van der Waals surface area contributed by atoms with Gasteiger partial charge in [-0.3, -0.25) is 9.59 Å². The molecule has 6 heteroatoms. The van der Waals surface area contributed by atoms with Gasteiger partial charge in [-0.25, -0.2) is 0 Å². The molecule has 0 aromatic heterocycles. The van der Waals surface area contributed by atoms with Gasteiger partial charge in [0.05, 0.1) is 0 Å². The monoisotopic (exact) mass is 399 g/mol. The summed E-state index contributed by atoms with van der Waals surface area (Å²) in [4.78, 5) is 29.2. The molecule has 1 fully saturated rings. The van der Waals surface area contributed by atoms with Crippen molar-refractivity contribution in [3.63, 3.8) is 0 Å². The van der Waals surface area contributed by atoms with E-state index in [-0.39, 0.29) is 11.8 Å². The molecule has 2 aromatic carbocycles. The second kappa shape index (κ2) is 9.11. The molecule has 0 spiro atoms. The minimum absolute atomic E-state index is 0.0377. The Morgan fingerprint density at radius 2 is 1.68 bits per heavy atom. The number of rotatable bonds is 5. The summed E-state index contributed by atoms with van der Waals surface area (Å²) in [5.41, 5.74) is 2.14. The van der Waals surface area contributed by atoms with E-state index in [2.05, 4.69) is 10.2 Å². The minimum Gasteiger partial charge on any atom is -0.368 e. The summed E-state index contributed by atoms with van der Waals surface area (Å²) in [6, 6.07) is 14.7. The normalized spacial score (nSPS) is 14.3. The molecule has 1 N–H and O–H groups in total. The van der Waals surface area contributed by atoms with Crippen molar-refractivity contribution < 1.29 is 9.59 Å². The highest BCUT2D eigenvalue weighted by atomic mass is 35.5. The van der Waals surface area contributed by atoms with E-state index in [9.17, 15) is 9.59 Å². The molecule has 148 valence electrons. The molecule has 3 rings (SSSR count). The van der Waals surface area contributed by atoms with Crippen LogP contribution in [0.1, 0.15) is 34.6 Å². The van der Waals surface area contributed by atoms with E-state index < -0.39 is 0 Å². The number of hydrogen-bond donors (Lipinski definition) is 1. The molecule has 2 aromatic rings. The topological polar surface area (TPSA) is 52.7 Å². The second-order valence-electron chi connectivity index (χ2n) is 7.44. The summed E-state index contributed by atoms with van der Waals surface area (Å²) in [5, 5.41) is 3.60. The fourth-order valence-electron chi connectivity index (χ4n) is 3.22. The maximum Gasteiger partial charge on any atom is 0.253 e. The molecule has 0 saturated carbocycles. The largest absolute Gasteiger partial charge is 0.368 e. The molecule has 28 heavy (non-hydrogen) atoms. The van der Waals surface area contributed by atoms with Gasteiger partial charge in [-0.2, -0.15) is 0 Å². The molecule has 5 nitrogen and oxygen atoms in total. The number of benzene rings is 2.